The van der Waals surface area contributed by atoms with Gasteiger partial charge in [-0.3, -0.25) is 9.59 Å². The van der Waals surface area contributed by atoms with Crippen LogP contribution >= 0.6 is 0 Å². The Labute approximate surface area is 128 Å². The maximum absolute atomic E-state index is 12.6. The number of nitrogens with one attached hydrogen (secondary N) is 2. The molecule has 0 atom stereocenters. The zero-order valence-electron chi connectivity index (χ0n) is 12.6. The summed E-state index contributed by atoms with van der Waals surface area (Å²) in [6.07, 6.45) is 2.72. The molecule has 2 aromatic rings. The number of carboxylic acid groups (broad SMARTS) is 1. The second-order valence-corrected chi connectivity index (χ2v) is 6.03. The summed E-state index contributed by atoms with van der Waals surface area (Å²) in [6, 6.07) is 7.82. The number of carboxylic acids is 1. The van der Waals surface area contributed by atoms with E-state index in [1.165, 1.54) is 0 Å². The molecule has 116 valence electrons. The Morgan fingerprint density at radius 3 is 2.55 bits per heavy atom. The highest BCUT2D eigenvalue weighted by Gasteiger charge is 2.27. The van der Waals surface area contributed by atoms with Crippen molar-refractivity contribution in [3.8, 4) is 0 Å². The van der Waals surface area contributed by atoms with E-state index >= 15 is 0 Å². The van der Waals surface area contributed by atoms with E-state index in [2.05, 4.69) is 10.3 Å². The van der Waals surface area contributed by atoms with Gasteiger partial charge < -0.3 is 15.4 Å². The molecule has 5 heteroatoms. The van der Waals surface area contributed by atoms with Crippen LogP contribution in [-0.2, 0) is 4.79 Å². The average molecular weight is 300 g/mol. The monoisotopic (exact) mass is 300 g/mol. The number of hydrogen-bond acceptors (Lipinski definition) is 2. The number of aromatic nitrogens is 1. The van der Waals surface area contributed by atoms with E-state index in [0.29, 0.717) is 18.4 Å². The molecule has 1 aliphatic rings. The minimum atomic E-state index is -0.725. The maximum Gasteiger partial charge on any atom is 0.306 e. The van der Waals surface area contributed by atoms with Crippen LogP contribution in [0.15, 0.2) is 24.3 Å². The first-order valence-corrected chi connectivity index (χ1v) is 7.67. The van der Waals surface area contributed by atoms with E-state index < -0.39 is 5.97 Å². The van der Waals surface area contributed by atoms with Crippen LogP contribution in [-0.4, -0.2) is 28.0 Å². The molecule has 1 aromatic carbocycles. The van der Waals surface area contributed by atoms with Crippen LogP contribution in [0.4, 0.5) is 0 Å². The number of amides is 1. The van der Waals surface area contributed by atoms with Crippen molar-refractivity contribution in [3.63, 3.8) is 0 Å². The van der Waals surface area contributed by atoms with E-state index in [9.17, 15) is 9.59 Å². The van der Waals surface area contributed by atoms with Gasteiger partial charge in [0.2, 0.25) is 0 Å². The van der Waals surface area contributed by atoms with Crippen molar-refractivity contribution < 1.29 is 14.7 Å². The molecular weight excluding hydrogens is 280 g/mol. The number of aryl methyl sites for hydroxylation is 1. The van der Waals surface area contributed by atoms with E-state index in [0.717, 1.165) is 29.4 Å². The molecule has 1 fully saturated rings. The van der Waals surface area contributed by atoms with E-state index in [4.69, 9.17) is 5.11 Å². The number of para-hydroxylation sites is 1. The van der Waals surface area contributed by atoms with Gasteiger partial charge in [0.15, 0.2) is 0 Å². The van der Waals surface area contributed by atoms with Crippen molar-refractivity contribution >= 4 is 22.8 Å². The maximum atomic E-state index is 12.6. The SMILES string of the molecule is Cc1[nH]c2ccccc2c1C(=O)NC1CCC(C(=O)O)CC1. The van der Waals surface area contributed by atoms with Crippen molar-refractivity contribution in [2.24, 2.45) is 5.92 Å². The molecule has 0 unspecified atom stereocenters. The third kappa shape index (κ3) is 2.71. The summed E-state index contributed by atoms with van der Waals surface area (Å²) < 4.78 is 0. The Bertz CT molecular complexity index is 712. The topological polar surface area (TPSA) is 82.2 Å². The van der Waals surface area contributed by atoms with Crippen LogP contribution in [0.5, 0.6) is 0 Å². The smallest absolute Gasteiger partial charge is 0.306 e. The zero-order chi connectivity index (χ0) is 15.7. The molecule has 22 heavy (non-hydrogen) atoms. The van der Waals surface area contributed by atoms with Gasteiger partial charge in [-0.25, -0.2) is 0 Å². The fourth-order valence-electron chi connectivity index (χ4n) is 3.31. The van der Waals surface area contributed by atoms with E-state index in [1.54, 1.807) is 0 Å². The predicted molar refractivity (Wildman–Crippen MR) is 83.9 cm³/mol. The fraction of sp³-hybridized carbons (Fsp3) is 0.412. The van der Waals surface area contributed by atoms with Gasteiger partial charge in [0, 0.05) is 22.6 Å². The van der Waals surface area contributed by atoms with Crippen LogP contribution in [0, 0.1) is 12.8 Å². The summed E-state index contributed by atoms with van der Waals surface area (Å²) in [5, 5.41) is 13.0. The van der Waals surface area contributed by atoms with Gasteiger partial charge in [-0.1, -0.05) is 18.2 Å². The molecule has 5 nitrogen and oxygen atoms in total. The normalized spacial score (nSPS) is 21.7. The Morgan fingerprint density at radius 1 is 1.18 bits per heavy atom. The van der Waals surface area contributed by atoms with Gasteiger partial charge in [-0.2, -0.15) is 0 Å². The highest BCUT2D eigenvalue weighted by atomic mass is 16.4. The van der Waals surface area contributed by atoms with Gasteiger partial charge in [0.05, 0.1) is 11.5 Å². The summed E-state index contributed by atoms with van der Waals surface area (Å²) in [5.41, 5.74) is 2.51. The Kier molecular flexibility index (Phi) is 3.88. The van der Waals surface area contributed by atoms with Gasteiger partial charge in [0.25, 0.3) is 5.91 Å². The first-order chi connectivity index (χ1) is 10.6. The number of aliphatic carboxylic acids is 1. The van der Waals surface area contributed by atoms with Crippen LogP contribution in [0.25, 0.3) is 10.9 Å². The molecule has 1 heterocycles. The van der Waals surface area contributed by atoms with E-state index in [1.807, 2.05) is 31.2 Å². The molecule has 1 aromatic heterocycles. The molecule has 3 N–H and O–H groups in total. The fourth-order valence-corrected chi connectivity index (χ4v) is 3.31. The summed E-state index contributed by atoms with van der Waals surface area (Å²) in [4.78, 5) is 26.8. The lowest BCUT2D eigenvalue weighted by atomic mass is 9.86. The number of aromatic amines is 1. The number of hydrogen-bond donors (Lipinski definition) is 3. The third-order valence-corrected chi connectivity index (χ3v) is 4.53. The summed E-state index contributed by atoms with van der Waals surface area (Å²) in [6.45, 7) is 1.90. The second-order valence-electron chi connectivity index (χ2n) is 6.03. The molecule has 0 bridgehead atoms. The van der Waals surface area contributed by atoms with E-state index in [-0.39, 0.29) is 17.9 Å². The van der Waals surface area contributed by atoms with Crippen LogP contribution in [0.3, 0.4) is 0 Å². The van der Waals surface area contributed by atoms with Crippen LogP contribution < -0.4 is 5.32 Å². The van der Waals surface area contributed by atoms with Crippen molar-refractivity contribution in [2.45, 2.75) is 38.6 Å². The molecule has 3 rings (SSSR count). The molecule has 1 saturated carbocycles. The van der Waals surface area contributed by atoms with Gasteiger partial charge in [0.1, 0.15) is 0 Å². The highest BCUT2D eigenvalue weighted by molar-refractivity contribution is 6.08. The zero-order valence-corrected chi connectivity index (χ0v) is 12.6. The standard InChI is InChI=1S/C17H20N2O3/c1-10-15(13-4-2-3-5-14(13)18-10)16(20)19-12-8-6-11(7-9-12)17(21)22/h2-5,11-12,18H,6-9H2,1H3,(H,19,20)(H,21,22). The Hall–Kier alpha value is -2.30. The van der Waals surface area contributed by atoms with Gasteiger partial charge in [-0.15, -0.1) is 0 Å². The minimum Gasteiger partial charge on any atom is -0.481 e. The third-order valence-electron chi connectivity index (χ3n) is 4.53. The molecule has 0 radical (unpaired) electrons. The molecular formula is C17H20N2O3. The van der Waals surface area contributed by atoms with Gasteiger partial charge in [-0.05, 0) is 38.7 Å². The lowest BCUT2D eigenvalue weighted by Gasteiger charge is -2.26. The minimum absolute atomic E-state index is 0.0659. The van der Waals surface area contributed by atoms with Crippen LogP contribution in [0.1, 0.15) is 41.7 Å². The largest absolute Gasteiger partial charge is 0.481 e. The number of benzene rings is 1. The molecule has 1 aliphatic carbocycles. The second kappa shape index (κ2) is 5.83. The van der Waals surface area contributed by atoms with Crippen LogP contribution in [0.2, 0.25) is 0 Å². The summed E-state index contributed by atoms with van der Waals surface area (Å²) in [5.74, 6) is -1.06. The number of fused-ring (bicyclic) bond motifs is 1. The molecule has 0 saturated heterocycles. The number of rotatable bonds is 3. The highest BCUT2D eigenvalue weighted by Crippen LogP contribution is 2.26. The summed E-state index contributed by atoms with van der Waals surface area (Å²) >= 11 is 0. The Balaban J connectivity index is 1.72. The first kappa shape index (κ1) is 14.6. The lowest BCUT2D eigenvalue weighted by molar-refractivity contribution is -0.142. The predicted octanol–water partition coefficient (Wildman–Crippen LogP) is 2.85. The average Bonchev–Trinajstić information content (AvgIpc) is 2.83. The number of H-pyrrole nitrogens is 1. The first-order valence-electron chi connectivity index (χ1n) is 7.67. The Morgan fingerprint density at radius 2 is 1.86 bits per heavy atom. The molecule has 0 aliphatic heterocycles. The van der Waals surface area contributed by atoms with Crippen molar-refractivity contribution in [1.82, 2.24) is 10.3 Å². The molecule has 1 amide bonds. The van der Waals surface area contributed by atoms with Crippen molar-refractivity contribution in [1.29, 1.82) is 0 Å². The van der Waals surface area contributed by atoms with Crippen molar-refractivity contribution in [3.05, 3.63) is 35.5 Å². The quantitative estimate of drug-likeness (QED) is 0.815. The van der Waals surface area contributed by atoms with Gasteiger partial charge >= 0.3 is 5.97 Å². The van der Waals surface area contributed by atoms with Crippen molar-refractivity contribution in [2.75, 3.05) is 0 Å². The molecule has 0 spiro atoms. The number of carbonyl (C=O) groups is 2. The lowest BCUT2D eigenvalue weighted by Crippen LogP contribution is -2.38. The number of carbonyl (C=O) groups excluding carboxylic acids is 1. The summed E-state index contributed by atoms with van der Waals surface area (Å²) in [7, 11) is 0.